The summed E-state index contributed by atoms with van der Waals surface area (Å²) in [4.78, 5) is 0.370. The predicted molar refractivity (Wildman–Crippen MR) is 85.6 cm³/mol. The van der Waals surface area contributed by atoms with Gasteiger partial charge in [0.05, 0.1) is 11.3 Å². The minimum absolute atomic E-state index is 0.370. The van der Waals surface area contributed by atoms with Gasteiger partial charge in [0.1, 0.15) is 4.99 Å². The van der Waals surface area contributed by atoms with Gasteiger partial charge in [-0.2, -0.15) is 13.2 Å². The van der Waals surface area contributed by atoms with Crippen LogP contribution in [-0.4, -0.2) is 4.99 Å². The van der Waals surface area contributed by atoms with Crippen molar-refractivity contribution < 1.29 is 13.2 Å². The molecule has 0 aliphatic carbocycles. The minimum atomic E-state index is -4.34. The molecule has 21 heavy (non-hydrogen) atoms. The van der Waals surface area contributed by atoms with Crippen molar-refractivity contribution in [2.24, 2.45) is 0 Å². The van der Waals surface area contributed by atoms with Gasteiger partial charge in [-0.3, -0.25) is 0 Å². The summed E-state index contributed by atoms with van der Waals surface area (Å²) in [5, 5.41) is 3.03. The van der Waals surface area contributed by atoms with Crippen LogP contribution in [-0.2, 0) is 6.18 Å². The molecule has 0 unspecified atom stereocenters. The number of nitrogens with one attached hydrogen (secondary N) is 1. The monoisotopic (exact) mass is 373 g/mol. The van der Waals surface area contributed by atoms with Crippen LogP contribution in [0.15, 0.2) is 46.9 Å². The molecule has 0 atom stereocenters. The van der Waals surface area contributed by atoms with Gasteiger partial charge in [0.25, 0.3) is 0 Å². The van der Waals surface area contributed by atoms with Crippen molar-refractivity contribution in [3.05, 3.63) is 63.6 Å². The summed E-state index contributed by atoms with van der Waals surface area (Å²) in [5.41, 5.74) is 1.67. The molecule has 0 aromatic heterocycles. The van der Waals surface area contributed by atoms with Crippen LogP contribution in [0.5, 0.6) is 0 Å². The second-order valence-electron chi connectivity index (χ2n) is 4.51. The molecule has 0 saturated heterocycles. The Bertz CT molecular complexity index is 666. The Morgan fingerprint density at radius 1 is 1.10 bits per heavy atom. The first-order valence-corrected chi connectivity index (χ1v) is 7.22. The summed E-state index contributed by atoms with van der Waals surface area (Å²) >= 11 is 8.63. The van der Waals surface area contributed by atoms with Gasteiger partial charge >= 0.3 is 6.18 Å². The lowest BCUT2D eigenvalue weighted by Gasteiger charge is -2.12. The van der Waals surface area contributed by atoms with E-state index < -0.39 is 11.7 Å². The van der Waals surface area contributed by atoms with Gasteiger partial charge in [-0.15, -0.1) is 0 Å². The van der Waals surface area contributed by atoms with Crippen molar-refractivity contribution in [3.8, 4) is 0 Å². The molecule has 110 valence electrons. The fourth-order valence-corrected chi connectivity index (χ4v) is 2.33. The zero-order chi connectivity index (χ0) is 15.6. The maximum atomic E-state index is 12.5. The van der Waals surface area contributed by atoms with Gasteiger partial charge < -0.3 is 5.32 Å². The van der Waals surface area contributed by atoms with Crippen molar-refractivity contribution in [3.63, 3.8) is 0 Å². The van der Waals surface area contributed by atoms with Gasteiger partial charge in [0, 0.05) is 10.0 Å². The highest BCUT2D eigenvalue weighted by Crippen LogP contribution is 2.29. The number of hydrogen-bond acceptors (Lipinski definition) is 1. The van der Waals surface area contributed by atoms with Gasteiger partial charge in [0.15, 0.2) is 0 Å². The van der Waals surface area contributed by atoms with Gasteiger partial charge in [0.2, 0.25) is 0 Å². The first-order valence-electron chi connectivity index (χ1n) is 6.02. The molecule has 0 saturated carbocycles. The molecule has 0 aliphatic rings. The van der Waals surface area contributed by atoms with Gasteiger partial charge in [-0.25, -0.2) is 0 Å². The van der Waals surface area contributed by atoms with E-state index in [0.29, 0.717) is 10.6 Å². The number of benzene rings is 2. The molecule has 0 amide bonds. The second-order valence-corrected chi connectivity index (χ2v) is 5.78. The Hall–Kier alpha value is -1.40. The number of aryl methyl sites for hydroxylation is 1. The summed E-state index contributed by atoms with van der Waals surface area (Å²) in [6, 6.07) is 10.5. The quantitative estimate of drug-likeness (QED) is 0.691. The number of halogens is 4. The lowest BCUT2D eigenvalue weighted by molar-refractivity contribution is -0.137. The molecular formula is C15H11BrF3NS. The van der Waals surface area contributed by atoms with Crippen LogP contribution >= 0.6 is 28.1 Å². The SMILES string of the molecule is Cc1ccc(Br)c(NC(=S)c2ccc(C(F)(F)F)cc2)c1. The van der Waals surface area contributed by atoms with Crippen molar-refractivity contribution in [2.75, 3.05) is 5.32 Å². The van der Waals surface area contributed by atoms with Crippen LogP contribution in [0.3, 0.4) is 0 Å². The van der Waals surface area contributed by atoms with Crippen LogP contribution in [0, 0.1) is 6.92 Å². The third kappa shape index (κ3) is 4.04. The van der Waals surface area contributed by atoms with E-state index >= 15 is 0 Å². The molecule has 2 aromatic rings. The maximum Gasteiger partial charge on any atom is 0.416 e. The Labute approximate surface area is 134 Å². The molecule has 1 nitrogen and oxygen atoms in total. The number of hydrogen-bond donors (Lipinski definition) is 1. The molecule has 6 heteroatoms. The first-order chi connectivity index (χ1) is 9.77. The van der Waals surface area contributed by atoms with E-state index in [4.69, 9.17) is 12.2 Å². The molecule has 0 bridgehead atoms. The van der Waals surface area contributed by atoms with Crippen LogP contribution < -0.4 is 5.32 Å². The Balaban J connectivity index is 2.19. The van der Waals surface area contributed by atoms with E-state index in [-0.39, 0.29) is 0 Å². The lowest BCUT2D eigenvalue weighted by Crippen LogP contribution is -2.12. The van der Waals surface area contributed by atoms with E-state index in [9.17, 15) is 13.2 Å². The highest BCUT2D eigenvalue weighted by molar-refractivity contribution is 9.10. The molecule has 2 rings (SSSR count). The topological polar surface area (TPSA) is 12.0 Å². The van der Waals surface area contributed by atoms with E-state index in [1.807, 2.05) is 25.1 Å². The fraction of sp³-hybridized carbons (Fsp3) is 0.133. The Kier molecular flexibility index (Phi) is 4.68. The average molecular weight is 374 g/mol. The van der Waals surface area contributed by atoms with E-state index in [1.54, 1.807) is 0 Å². The van der Waals surface area contributed by atoms with Crippen LogP contribution in [0.25, 0.3) is 0 Å². The molecule has 2 aromatic carbocycles. The highest BCUT2D eigenvalue weighted by Gasteiger charge is 2.30. The summed E-state index contributed by atoms with van der Waals surface area (Å²) in [5.74, 6) is 0. The maximum absolute atomic E-state index is 12.5. The number of rotatable bonds is 2. The van der Waals surface area contributed by atoms with E-state index in [1.165, 1.54) is 12.1 Å². The molecule has 0 fully saturated rings. The number of anilines is 1. The Morgan fingerprint density at radius 2 is 1.71 bits per heavy atom. The number of thiocarbonyl (C=S) groups is 1. The summed E-state index contributed by atoms with van der Waals surface area (Å²) in [6.45, 7) is 1.94. The zero-order valence-corrected chi connectivity index (χ0v) is 13.4. The summed E-state index contributed by atoms with van der Waals surface area (Å²) in [7, 11) is 0. The van der Waals surface area contributed by atoms with E-state index in [2.05, 4.69) is 21.2 Å². The first kappa shape index (κ1) is 16.0. The molecule has 0 radical (unpaired) electrons. The summed E-state index contributed by atoms with van der Waals surface area (Å²) in [6.07, 6.45) is -4.34. The summed E-state index contributed by atoms with van der Waals surface area (Å²) < 4.78 is 38.4. The van der Waals surface area contributed by atoms with Crippen molar-refractivity contribution in [1.82, 2.24) is 0 Å². The van der Waals surface area contributed by atoms with Gasteiger partial charge in [-0.1, -0.05) is 30.4 Å². The molecule has 0 heterocycles. The zero-order valence-electron chi connectivity index (χ0n) is 11.0. The standard InChI is InChI=1S/C15H11BrF3NS/c1-9-2-7-12(16)13(8-9)20-14(21)10-3-5-11(6-4-10)15(17,18)19/h2-8H,1H3,(H,20,21). The molecular weight excluding hydrogens is 363 g/mol. The second kappa shape index (κ2) is 6.15. The number of alkyl halides is 3. The lowest BCUT2D eigenvalue weighted by atomic mass is 10.1. The van der Waals surface area contributed by atoms with Crippen LogP contribution in [0.1, 0.15) is 16.7 Å². The minimum Gasteiger partial charge on any atom is -0.345 e. The largest absolute Gasteiger partial charge is 0.416 e. The van der Waals surface area contributed by atoms with Crippen molar-refractivity contribution in [1.29, 1.82) is 0 Å². The molecule has 1 N–H and O–H groups in total. The molecule has 0 spiro atoms. The van der Waals surface area contributed by atoms with Crippen LogP contribution in [0.4, 0.5) is 18.9 Å². The average Bonchev–Trinajstić information content (AvgIpc) is 2.42. The smallest absolute Gasteiger partial charge is 0.345 e. The van der Waals surface area contributed by atoms with Crippen molar-refractivity contribution >= 4 is 38.8 Å². The normalized spacial score (nSPS) is 11.3. The van der Waals surface area contributed by atoms with Gasteiger partial charge in [-0.05, 0) is 52.7 Å². The molecule has 0 aliphatic heterocycles. The third-order valence-corrected chi connectivity index (χ3v) is 3.87. The van der Waals surface area contributed by atoms with Crippen LogP contribution in [0.2, 0.25) is 0 Å². The fourth-order valence-electron chi connectivity index (χ4n) is 1.74. The predicted octanol–water partition coefficient (Wildman–Crippen LogP) is 5.56. The van der Waals surface area contributed by atoms with Crippen molar-refractivity contribution in [2.45, 2.75) is 13.1 Å². The highest BCUT2D eigenvalue weighted by atomic mass is 79.9. The third-order valence-electron chi connectivity index (χ3n) is 2.84. The van der Waals surface area contributed by atoms with E-state index in [0.717, 1.165) is 27.9 Å². The Morgan fingerprint density at radius 3 is 2.29 bits per heavy atom.